The molecule has 1 unspecified atom stereocenters. The van der Waals surface area contributed by atoms with Gasteiger partial charge in [-0.2, -0.15) is 5.26 Å². The number of hydrogen-bond acceptors (Lipinski definition) is 8. The van der Waals surface area contributed by atoms with Crippen LogP contribution in [-0.4, -0.2) is 32.2 Å². The number of carbonyl (C=O) groups is 2. The molecule has 10 heteroatoms. The first-order chi connectivity index (χ1) is 16.8. The molecule has 0 radical (unpaired) electrons. The van der Waals surface area contributed by atoms with Gasteiger partial charge in [0, 0.05) is 0 Å². The van der Waals surface area contributed by atoms with Crippen LogP contribution in [0, 0.1) is 11.3 Å². The predicted molar refractivity (Wildman–Crippen MR) is 129 cm³/mol. The van der Waals surface area contributed by atoms with Gasteiger partial charge < -0.3 is 30.0 Å². The maximum absolute atomic E-state index is 12.7. The Morgan fingerprint density at radius 2 is 1.97 bits per heavy atom. The van der Waals surface area contributed by atoms with Crippen molar-refractivity contribution in [3.63, 3.8) is 0 Å². The van der Waals surface area contributed by atoms with E-state index in [2.05, 4.69) is 5.32 Å². The topological polar surface area (TPSA) is 133 Å². The molecule has 1 aliphatic rings. The van der Waals surface area contributed by atoms with E-state index in [4.69, 9.17) is 36.3 Å². The van der Waals surface area contributed by atoms with Gasteiger partial charge in [-0.05, 0) is 43.7 Å². The number of para-hydroxylation sites is 1. The molecule has 1 heterocycles. The van der Waals surface area contributed by atoms with Gasteiger partial charge in [-0.3, -0.25) is 4.79 Å². The quantitative estimate of drug-likeness (QED) is 0.522. The second-order valence-corrected chi connectivity index (χ2v) is 7.75. The molecule has 0 bridgehead atoms. The third kappa shape index (κ3) is 5.67. The van der Waals surface area contributed by atoms with Gasteiger partial charge in [0.2, 0.25) is 5.88 Å². The minimum absolute atomic E-state index is 0.0634. The Labute approximate surface area is 207 Å². The maximum Gasteiger partial charge on any atom is 0.338 e. The van der Waals surface area contributed by atoms with E-state index in [9.17, 15) is 14.9 Å². The van der Waals surface area contributed by atoms with E-state index < -0.39 is 17.8 Å². The molecule has 0 spiro atoms. The van der Waals surface area contributed by atoms with Gasteiger partial charge in [-0.25, -0.2) is 4.79 Å². The lowest BCUT2D eigenvalue weighted by Crippen LogP contribution is -2.25. The van der Waals surface area contributed by atoms with E-state index in [1.807, 2.05) is 6.07 Å². The summed E-state index contributed by atoms with van der Waals surface area (Å²) < 4.78 is 21.7. The van der Waals surface area contributed by atoms with Gasteiger partial charge in [0.1, 0.15) is 17.4 Å². The molecule has 1 amide bonds. The summed E-state index contributed by atoms with van der Waals surface area (Å²) in [5, 5.41) is 12.8. The zero-order chi connectivity index (χ0) is 25.5. The van der Waals surface area contributed by atoms with Crippen molar-refractivity contribution in [3.05, 3.63) is 75.8 Å². The van der Waals surface area contributed by atoms with Gasteiger partial charge in [0.05, 0.1) is 35.9 Å². The number of allylic oxidation sites excluding steroid dienone is 2. The fourth-order valence-electron chi connectivity index (χ4n) is 3.56. The fourth-order valence-corrected chi connectivity index (χ4v) is 3.75. The lowest BCUT2D eigenvalue weighted by Gasteiger charge is -2.27. The highest BCUT2D eigenvalue weighted by molar-refractivity contribution is 6.33. The first kappa shape index (κ1) is 25.5. The molecule has 0 saturated carbocycles. The predicted octanol–water partition coefficient (Wildman–Crippen LogP) is 4.01. The van der Waals surface area contributed by atoms with Crippen LogP contribution in [0.15, 0.2) is 65.3 Å². The summed E-state index contributed by atoms with van der Waals surface area (Å²) in [6.45, 7) is 3.10. The zero-order valence-corrected chi connectivity index (χ0v) is 20.1. The number of nitrogens with zero attached hydrogens (tertiary/aromatic N) is 1. The molecule has 2 aromatic carbocycles. The van der Waals surface area contributed by atoms with Gasteiger partial charge in [0.25, 0.3) is 5.91 Å². The average molecular weight is 498 g/mol. The molecule has 0 aromatic heterocycles. The number of methoxy groups -OCH3 is 1. The summed E-state index contributed by atoms with van der Waals surface area (Å²) in [7, 11) is 1.43. The number of hydrogen-bond donors (Lipinski definition) is 2. The van der Waals surface area contributed by atoms with Crippen molar-refractivity contribution >= 4 is 29.2 Å². The van der Waals surface area contributed by atoms with Crippen LogP contribution in [0.4, 0.5) is 5.69 Å². The first-order valence-electron chi connectivity index (χ1n) is 10.6. The molecule has 182 valence electrons. The number of amides is 1. The maximum atomic E-state index is 12.7. The molecule has 35 heavy (non-hydrogen) atoms. The second kappa shape index (κ2) is 11.3. The lowest BCUT2D eigenvalue weighted by atomic mass is 9.83. The molecule has 2 aromatic rings. The van der Waals surface area contributed by atoms with Crippen LogP contribution < -0.4 is 20.5 Å². The number of ether oxygens (including phenoxy) is 4. The number of carbonyl (C=O) groups excluding carboxylic acids is 2. The van der Waals surface area contributed by atoms with Crippen molar-refractivity contribution in [2.75, 3.05) is 25.6 Å². The molecule has 3 rings (SSSR count). The summed E-state index contributed by atoms with van der Waals surface area (Å²) in [5.41, 5.74) is 7.15. The fraction of sp³-hybridized carbons (Fsp3) is 0.240. The summed E-state index contributed by atoms with van der Waals surface area (Å²) in [5.74, 6) is -1.16. The summed E-state index contributed by atoms with van der Waals surface area (Å²) in [6, 6.07) is 13.7. The van der Waals surface area contributed by atoms with Gasteiger partial charge >= 0.3 is 5.97 Å². The molecule has 3 N–H and O–H groups in total. The van der Waals surface area contributed by atoms with E-state index in [1.54, 1.807) is 56.3 Å². The number of esters is 1. The van der Waals surface area contributed by atoms with Gasteiger partial charge in [-0.1, -0.05) is 29.8 Å². The second-order valence-electron chi connectivity index (χ2n) is 7.34. The van der Waals surface area contributed by atoms with Crippen molar-refractivity contribution in [2.45, 2.75) is 19.8 Å². The van der Waals surface area contributed by atoms with Gasteiger partial charge in [0.15, 0.2) is 18.1 Å². The Balaban J connectivity index is 1.87. The average Bonchev–Trinajstić information content (AvgIpc) is 2.83. The summed E-state index contributed by atoms with van der Waals surface area (Å²) >= 11 is 6.07. The standard InChI is InChI=1S/C25H24ClN3O6/c1-4-33-25(31)22-14(2)35-24(28)16(12-27)23(22)15-9-10-19(20(11-15)32-3)34-13-21(30)29-18-8-6-5-7-17(18)26/h5-11,23H,4,13,28H2,1-3H3,(H,29,30). The van der Waals surface area contributed by atoms with E-state index in [1.165, 1.54) is 7.11 Å². The van der Waals surface area contributed by atoms with Crippen LogP contribution in [0.1, 0.15) is 25.3 Å². The number of nitrogens with two attached hydrogens (primary N) is 1. The number of nitrogens with one attached hydrogen (secondary N) is 1. The molecule has 1 atom stereocenters. The molecule has 0 fully saturated rings. The molecule has 0 aliphatic carbocycles. The highest BCUT2D eigenvalue weighted by atomic mass is 35.5. The minimum Gasteiger partial charge on any atom is -0.493 e. The number of halogens is 1. The largest absolute Gasteiger partial charge is 0.493 e. The number of rotatable bonds is 8. The number of nitriles is 1. The lowest BCUT2D eigenvalue weighted by molar-refractivity contribution is -0.139. The van der Waals surface area contributed by atoms with Crippen molar-refractivity contribution < 1.29 is 28.5 Å². The van der Waals surface area contributed by atoms with Crippen LogP contribution in [-0.2, 0) is 19.1 Å². The summed E-state index contributed by atoms with van der Waals surface area (Å²) in [6.07, 6.45) is 0. The monoisotopic (exact) mass is 497 g/mol. The third-order valence-corrected chi connectivity index (χ3v) is 5.46. The summed E-state index contributed by atoms with van der Waals surface area (Å²) in [4.78, 5) is 25.0. The van der Waals surface area contributed by atoms with Crippen molar-refractivity contribution in [1.29, 1.82) is 5.26 Å². The van der Waals surface area contributed by atoms with E-state index in [0.717, 1.165) is 0 Å². The molecule has 9 nitrogen and oxygen atoms in total. The Kier molecular flexibility index (Phi) is 8.23. The van der Waals surface area contributed by atoms with Gasteiger partial charge in [-0.15, -0.1) is 0 Å². The third-order valence-electron chi connectivity index (χ3n) is 5.13. The highest BCUT2D eigenvalue weighted by Crippen LogP contribution is 2.42. The number of benzene rings is 2. The Morgan fingerprint density at radius 1 is 1.23 bits per heavy atom. The van der Waals surface area contributed by atoms with E-state index in [-0.39, 0.29) is 47.5 Å². The molecule has 0 saturated heterocycles. The van der Waals surface area contributed by atoms with Crippen molar-refractivity contribution in [1.82, 2.24) is 0 Å². The highest BCUT2D eigenvalue weighted by Gasteiger charge is 2.36. The number of anilines is 1. The Morgan fingerprint density at radius 3 is 2.63 bits per heavy atom. The molecular weight excluding hydrogens is 474 g/mol. The zero-order valence-electron chi connectivity index (χ0n) is 19.4. The van der Waals surface area contributed by atoms with E-state index in [0.29, 0.717) is 16.3 Å². The van der Waals surface area contributed by atoms with Crippen LogP contribution in [0.3, 0.4) is 0 Å². The van der Waals surface area contributed by atoms with Crippen LogP contribution in [0.5, 0.6) is 11.5 Å². The molecular formula is C25H24ClN3O6. The SMILES string of the molecule is CCOC(=O)C1=C(C)OC(N)=C(C#N)C1c1ccc(OCC(=O)Nc2ccccc2Cl)c(OC)c1. The van der Waals surface area contributed by atoms with Crippen molar-refractivity contribution in [2.24, 2.45) is 5.73 Å². The van der Waals surface area contributed by atoms with Crippen LogP contribution >= 0.6 is 11.6 Å². The normalized spacial score (nSPS) is 15.1. The van der Waals surface area contributed by atoms with Crippen LogP contribution in [0.25, 0.3) is 0 Å². The first-order valence-corrected chi connectivity index (χ1v) is 11.0. The van der Waals surface area contributed by atoms with E-state index >= 15 is 0 Å². The van der Waals surface area contributed by atoms with Crippen molar-refractivity contribution in [3.8, 4) is 17.6 Å². The van der Waals surface area contributed by atoms with Crippen LogP contribution in [0.2, 0.25) is 5.02 Å². The smallest absolute Gasteiger partial charge is 0.338 e. The molecule has 1 aliphatic heterocycles. The Bertz CT molecular complexity index is 1250. The minimum atomic E-state index is -0.834. The Hall–Kier alpha value is -4.16.